The predicted octanol–water partition coefficient (Wildman–Crippen LogP) is 17.3. The highest BCUT2D eigenvalue weighted by atomic mass is 127. The van der Waals surface area contributed by atoms with E-state index in [2.05, 4.69) is 0 Å². The fraction of sp³-hybridized carbons (Fsp3) is 0.0833. The predicted molar refractivity (Wildman–Crippen MR) is 240 cm³/mol. The van der Waals surface area contributed by atoms with E-state index in [4.69, 9.17) is 18.8 Å². The molecule has 0 N–H and O–H groups in total. The molecule has 18 heteroatoms. The molecule has 9 aromatic rings. The van der Waals surface area contributed by atoms with Gasteiger partial charge in [0.1, 0.15) is 11.0 Å². The van der Waals surface area contributed by atoms with Crippen molar-refractivity contribution < 1.29 is 61.5 Å². The minimum absolute atomic E-state index is 0.0698. The van der Waals surface area contributed by atoms with Crippen molar-refractivity contribution in [2.24, 2.45) is 0 Å². The zero-order valence-corrected chi connectivity index (χ0v) is 37.0. The molecule has 0 saturated carbocycles. The third-order valence-electron chi connectivity index (χ3n) is 10.8. The van der Waals surface area contributed by atoms with E-state index in [-0.39, 0.29) is 53.3 Å². The van der Waals surface area contributed by atoms with Crippen LogP contribution in [0.5, 0.6) is 0 Å². The maximum Gasteiger partial charge on any atom is 0.416 e. The highest BCUT2D eigenvalue weighted by Crippen LogP contribution is 2.49. The second-order valence-electron chi connectivity index (χ2n) is 14.9. The third-order valence-corrected chi connectivity index (χ3v) is 11.7. The minimum Gasteiger partial charge on any atom is -0.431 e. The van der Waals surface area contributed by atoms with Crippen molar-refractivity contribution >= 4 is 67.4 Å². The number of fused-ring (bicyclic) bond motifs is 2. The molecule has 0 aliphatic rings. The van der Waals surface area contributed by atoms with E-state index in [0.717, 1.165) is 0 Å². The molecule has 334 valence electrons. The molecule has 0 aliphatic carbocycles. The smallest absolute Gasteiger partial charge is 0.416 e. The quantitative estimate of drug-likeness (QED) is 0.123. The van der Waals surface area contributed by atoms with E-state index in [9.17, 15) is 52.7 Å². The molecule has 0 aliphatic heterocycles. The van der Waals surface area contributed by atoms with E-state index < -0.39 is 47.0 Å². The van der Waals surface area contributed by atoms with Crippen molar-refractivity contribution in [3.8, 4) is 66.8 Å². The Balaban J connectivity index is 1.16. The van der Waals surface area contributed by atoms with Crippen LogP contribution in [0.15, 0.2) is 142 Å². The number of alkyl halides is 12. The fourth-order valence-electron chi connectivity index (χ4n) is 7.81. The van der Waals surface area contributed by atoms with Crippen LogP contribution in [0.4, 0.5) is 52.7 Å². The molecule has 0 unspecified atom stereocenters. The van der Waals surface area contributed by atoms with Crippen molar-refractivity contribution in [2.45, 2.75) is 24.7 Å². The molecular formula is C48H22F12I2N2O2. The van der Waals surface area contributed by atoms with Gasteiger partial charge in [0.2, 0.25) is 0 Å². The van der Waals surface area contributed by atoms with Gasteiger partial charge in [-0.15, -0.1) is 0 Å². The Morgan fingerprint density at radius 3 is 0.894 bits per heavy atom. The Morgan fingerprint density at radius 2 is 0.606 bits per heavy atom. The zero-order chi connectivity index (χ0) is 47.1. The molecule has 0 spiro atoms. The first-order valence-corrected chi connectivity index (χ1v) is 21.3. The molecule has 2 heterocycles. The maximum atomic E-state index is 13.7. The lowest BCUT2D eigenvalue weighted by Crippen LogP contribution is -2.11. The van der Waals surface area contributed by atoms with Gasteiger partial charge in [-0.25, -0.2) is 9.97 Å². The van der Waals surface area contributed by atoms with Crippen LogP contribution in [0.3, 0.4) is 0 Å². The van der Waals surface area contributed by atoms with Crippen LogP contribution in [-0.2, 0) is 24.7 Å². The fourth-order valence-corrected chi connectivity index (χ4v) is 8.74. The maximum absolute atomic E-state index is 13.7. The Morgan fingerprint density at radius 1 is 0.333 bits per heavy atom. The topological polar surface area (TPSA) is 52.1 Å². The van der Waals surface area contributed by atoms with Crippen molar-refractivity contribution in [3.63, 3.8) is 0 Å². The van der Waals surface area contributed by atoms with Crippen LogP contribution in [0, 0.1) is 7.79 Å². The van der Waals surface area contributed by atoms with Gasteiger partial charge in [-0.2, -0.15) is 52.7 Å². The number of hydrogen-bond donors (Lipinski definition) is 0. The number of oxazole rings is 2. The number of aromatic nitrogens is 2. The van der Waals surface area contributed by atoms with Crippen molar-refractivity contribution in [1.82, 2.24) is 9.97 Å². The highest BCUT2D eigenvalue weighted by Gasteiger charge is 2.39. The monoisotopic (exact) mass is 1140 g/mol. The van der Waals surface area contributed by atoms with Crippen LogP contribution >= 0.6 is 45.2 Å². The Kier molecular flexibility index (Phi) is 11.3. The van der Waals surface area contributed by atoms with Gasteiger partial charge in [0.15, 0.2) is 11.2 Å². The number of rotatable bonds is 6. The van der Waals surface area contributed by atoms with Gasteiger partial charge in [0.05, 0.1) is 33.4 Å². The van der Waals surface area contributed by atoms with Crippen molar-refractivity contribution in [3.05, 3.63) is 164 Å². The summed E-state index contributed by atoms with van der Waals surface area (Å²) in [6, 6.07) is 28.9. The van der Waals surface area contributed by atoms with Crippen LogP contribution in [0.1, 0.15) is 22.3 Å². The Labute approximate surface area is 391 Å². The number of hydrogen-bond acceptors (Lipinski definition) is 4. The summed E-state index contributed by atoms with van der Waals surface area (Å²) >= 11 is 3.82. The molecule has 9 rings (SSSR count). The van der Waals surface area contributed by atoms with Crippen LogP contribution in [0.2, 0.25) is 0 Å². The van der Waals surface area contributed by atoms with Gasteiger partial charge in [-0.1, -0.05) is 97.1 Å². The lowest BCUT2D eigenvalue weighted by atomic mass is 9.88. The van der Waals surface area contributed by atoms with Crippen LogP contribution < -0.4 is 0 Å². The van der Waals surface area contributed by atoms with Gasteiger partial charge < -0.3 is 8.83 Å². The number of nitrogens with zero attached hydrogens (tertiary/aromatic N) is 2. The van der Waals surface area contributed by atoms with Crippen molar-refractivity contribution in [2.75, 3.05) is 0 Å². The lowest BCUT2D eigenvalue weighted by molar-refractivity contribution is -0.144. The summed E-state index contributed by atoms with van der Waals surface area (Å²) in [6.07, 6.45) is -20.1. The molecule has 2 aromatic heterocycles. The van der Waals surface area contributed by atoms with E-state index in [1.54, 1.807) is 72.8 Å². The van der Waals surface area contributed by atoms with Gasteiger partial charge >= 0.3 is 24.7 Å². The molecular weight excluding hydrogens is 1120 g/mol. The minimum atomic E-state index is -5.03. The van der Waals surface area contributed by atoms with E-state index in [1.165, 1.54) is 24.3 Å². The molecule has 0 bridgehead atoms. The standard InChI is InChI=1S/C48H22F12I2N2O2/c49-45(50,51)29-17-27(18-30(21-29)46(52,53)54)23-9-13-25(14-10-23)33-5-1-3-7-35(33)37-39-42(66-43(61)63-39)38(40-41(37)65-44(62)64-40)36-8-4-2-6-34(36)26-15-11-24(12-16-26)28-19-31(47(55,56)57)22-32(20-28)48(58,59)60/h1-22H. The van der Waals surface area contributed by atoms with E-state index in [0.29, 0.717) is 79.8 Å². The first kappa shape index (κ1) is 45.3. The first-order chi connectivity index (χ1) is 31.0. The van der Waals surface area contributed by atoms with Gasteiger partial charge in [0.25, 0.3) is 7.79 Å². The summed E-state index contributed by atoms with van der Waals surface area (Å²) < 4.78 is 177. The molecule has 4 nitrogen and oxygen atoms in total. The summed E-state index contributed by atoms with van der Waals surface area (Å²) in [5.41, 5.74) is -0.536. The van der Waals surface area contributed by atoms with Crippen LogP contribution in [0.25, 0.3) is 89.0 Å². The average molecular weight is 1140 g/mol. The summed E-state index contributed by atoms with van der Waals surface area (Å²) in [7, 11) is 0. The molecule has 0 fully saturated rings. The first-order valence-electron chi connectivity index (χ1n) is 19.1. The largest absolute Gasteiger partial charge is 0.431 e. The Bertz CT molecular complexity index is 2990. The second kappa shape index (κ2) is 16.5. The Hall–Kier alpha value is -5.90. The van der Waals surface area contributed by atoms with E-state index in [1.807, 2.05) is 45.2 Å². The summed E-state index contributed by atoms with van der Waals surface area (Å²) in [6.45, 7) is 0. The normalized spacial score (nSPS) is 12.7. The molecule has 0 radical (unpaired) electrons. The SMILES string of the molecule is FC(F)(F)c1cc(-c2ccc(-c3ccccc3-c3c4nc(I)oc4c(-c4ccccc4-c4ccc(-c5cc(C(F)(F)F)cc(C(F)(F)F)c5)cc4)c4nc(I)oc34)cc2)cc(C(F)(F)F)c1. The molecule has 7 aromatic carbocycles. The van der Waals surface area contributed by atoms with Crippen LogP contribution in [-0.4, -0.2) is 9.97 Å². The number of halogens is 14. The van der Waals surface area contributed by atoms with Crippen molar-refractivity contribution in [1.29, 1.82) is 0 Å². The summed E-state index contributed by atoms with van der Waals surface area (Å²) in [5.74, 6) is 0. The van der Waals surface area contributed by atoms with E-state index >= 15 is 0 Å². The summed E-state index contributed by atoms with van der Waals surface area (Å²) in [4.78, 5) is 9.52. The highest BCUT2D eigenvalue weighted by molar-refractivity contribution is 14.1. The van der Waals surface area contributed by atoms with Gasteiger partial charge in [-0.3, -0.25) is 0 Å². The molecule has 66 heavy (non-hydrogen) atoms. The molecule has 0 saturated heterocycles. The average Bonchev–Trinajstić information content (AvgIpc) is 3.85. The lowest BCUT2D eigenvalue weighted by Gasteiger charge is -2.16. The van der Waals surface area contributed by atoms with Gasteiger partial charge in [-0.05, 0) is 92.0 Å². The molecule has 0 amide bonds. The second-order valence-corrected chi connectivity index (χ2v) is 16.7. The zero-order valence-electron chi connectivity index (χ0n) is 32.7. The summed E-state index contributed by atoms with van der Waals surface area (Å²) in [5, 5.41) is 0. The van der Waals surface area contributed by atoms with Gasteiger partial charge in [0, 0.05) is 45.2 Å². The number of benzene rings is 7. The molecule has 0 atom stereocenters. The third kappa shape index (κ3) is 8.64.